The van der Waals surface area contributed by atoms with Crippen LogP contribution in [-0.4, -0.2) is 51.2 Å². The van der Waals surface area contributed by atoms with Gasteiger partial charge in [-0.05, 0) is 24.6 Å². The van der Waals surface area contributed by atoms with Crippen molar-refractivity contribution in [1.29, 1.82) is 0 Å². The normalized spacial score (nSPS) is 15.6. The van der Waals surface area contributed by atoms with Crippen molar-refractivity contribution >= 4 is 5.91 Å². The lowest BCUT2D eigenvalue weighted by Crippen LogP contribution is -2.33. The van der Waals surface area contributed by atoms with E-state index in [1.807, 2.05) is 29.8 Å². The van der Waals surface area contributed by atoms with Crippen molar-refractivity contribution in [2.24, 2.45) is 0 Å². The van der Waals surface area contributed by atoms with Crippen LogP contribution in [-0.2, 0) is 24.4 Å². The Balaban J connectivity index is 1.67. The molecule has 1 aliphatic rings. The molecule has 0 bridgehead atoms. The molecule has 1 unspecified atom stereocenters. The molecule has 7 heteroatoms. The summed E-state index contributed by atoms with van der Waals surface area (Å²) >= 11 is 0. The largest absolute Gasteiger partial charge is 0.386 e. The first-order chi connectivity index (χ1) is 12.3. The van der Waals surface area contributed by atoms with E-state index in [0.717, 1.165) is 17.8 Å². The highest BCUT2D eigenvalue weighted by atomic mass is 19.1. The van der Waals surface area contributed by atoms with Gasteiger partial charge in [-0.3, -0.25) is 14.4 Å². The number of carbonyl (C=O) groups is 1. The van der Waals surface area contributed by atoms with E-state index >= 15 is 0 Å². The quantitative estimate of drug-likeness (QED) is 0.884. The molecule has 1 aliphatic heterocycles. The molecule has 0 saturated carbocycles. The molecule has 6 nitrogen and oxygen atoms in total. The molecule has 3 rings (SSSR count). The fourth-order valence-electron chi connectivity index (χ4n) is 3.11. The maximum atomic E-state index is 14.1. The fraction of sp³-hybridized carbons (Fsp3) is 0.474. The Morgan fingerprint density at radius 2 is 2.12 bits per heavy atom. The number of halogens is 1. The molecule has 1 atom stereocenters. The summed E-state index contributed by atoms with van der Waals surface area (Å²) in [5.74, 6) is -0.317. The van der Waals surface area contributed by atoms with Crippen molar-refractivity contribution in [1.82, 2.24) is 19.6 Å². The van der Waals surface area contributed by atoms with Gasteiger partial charge in [-0.25, -0.2) is 4.39 Å². The molecule has 0 spiro atoms. The van der Waals surface area contributed by atoms with Gasteiger partial charge in [-0.15, -0.1) is 0 Å². The number of aromatic nitrogens is 2. The van der Waals surface area contributed by atoms with Gasteiger partial charge in [0.1, 0.15) is 11.9 Å². The van der Waals surface area contributed by atoms with E-state index in [1.165, 1.54) is 4.90 Å². The average Bonchev–Trinajstić information content (AvgIpc) is 3.00. The van der Waals surface area contributed by atoms with E-state index in [1.54, 1.807) is 20.2 Å². The van der Waals surface area contributed by atoms with Crippen LogP contribution in [0.3, 0.4) is 0 Å². The Kier molecular flexibility index (Phi) is 5.38. The summed E-state index contributed by atoms with van der Waals surface area (Å²) in [5.41, 5.74) is 3.07. The number of aryl methyl sites for hydroxylation is 1. The first-order valence-electron chi connectivity index (χ1n) is 8.75. The van der Waals surface area contributed by atoms with Crippen molar-refractivity contribution in [2.45, 2.75) is 39.1 Å². The second kappa shape index (κ2) is 7.55. The van der Waals surface area contributed by atoms with Crippen molar-refractivity contribution < 1.29 is 14.3 Å². The number of benzene rings is 1. The molecule has 1 aromatic heterocycles. The summed E-state index contributed by atoms with van der Waals surface area (Å²) in [5, 5.41) is 14.7. The third kappa shape index (κ3) is 4.11. The maximum Gasteiger partial charge on any atom is 0.225 e. The number of nitrogens with zero attached hydrogens (tertiary/aromatic N) is 4. The Labute approximate surface area is 152 Å². The highest BCUT2D eigenvalue weighted by molar-refractivity contribution is 5.76. The number of aliphatic hydroxyl groups is 1. The number of carbonyl (C=O) groups excluding carboxylic acids is 1. The Morgan fingerprint density at radius 1 is 1.35 bits per heavy atom. The summed E-state index contributed by atoms with van der Waals surface area (Å²) < 4.78 is 15.9. The molecule has 2 heterocycles. The van der Waals surface area contributed by atoms with Gasteiger partial charge in [0.15, 0.2) is 0 Å². The van der Waals surface area contributed by atoms with Crippen molar-refractivity contribution in [3.8, 4) is 0 Å². The molecule has 0 saturated heterocycles. The van der Waals surface area contributed by atoms with Gasteiger partial charge in [0.2, 0.25) is 5.91 Å². The molecule has 1 aromatic carbocycles. The summed E-state index contributed by atoms with van der Waals surface area (Å²) in [6.07, 6.45) is -0.895. The first-order valence-corrected chi connectivity index (χ1v) is 8.75. The highest BCUT2D eigenvalue weighted by Crippen LogP contribution is 2.22. The molecule has 140 valence electrons. The van der Waals surface area contributed by atoms with Crippen LogP contribution in [0.1, 0.15) is 35.0 Å². The smallest absolute Gasteiger partial charge is 0.225 e. The summed E-state index contributed by atoms with van der Waals surface area (Å²) in [6.45, 7) is 4.48. The van der Waals surface area contributed by atoms with E-state index in [-0.39, 0.29) is 18.1 Å². The van der Waals surface area contributed by atoms with E-state index in [4.69, 9.17) is 0 Å². The lowest BCUT2D eigenvalue weighted by molar-refractivity contribution is -0.130. The molecule has 0 aliphatic carbocycles. The number of rotatable bonds is 5. The predicted molar refractivity (Wildman–Crippen MR) is 95.7 cm³/mol. The van der Waals surface area contributed by atoms with Crippen molar-refractivity contribution in [3.05, 3.63) is 52.6 Å². The topological polar surface area (TPSA) is 61.6 Å². The van der Waals surface area contributed by atoms with Crippen LogP contribution in [0.2, 0.25) is 0 Å². The van der Waals surface area contributed by atoms with Gasteiger partial charge in [-0.2, -0.15) is 5.10 Å². The van der Waals surface area contributed by atoms with Crippen LogP contribution in [0.25, 0.3) is 0 Å². The van der Waals surface area contributed by atoms with Gasteiger partial charge in [-0.1, -0.05) is 12.1 Å². The third-order valence-corrected chi connectivity index (χ3v) is 4.71. The molecule has 1 N–H and O–H groups in total. The zero-order valence-corrected chi connectivity index (χ0v) is 15.4. The predicted octanol–water partition coefficient (Wildman–Crippen LogP) is 1.86. The van der Waals surface area contributed by atoms with Crippen LogP contribution in [0, 0.1) is 12.7 Å². The summed E-state index contributed by atoms with van der Waals surface area (Å²) in [4.78, 5) is 15.4. The first kappa shape index (κ1) is 18.5. The maximum absolute atomic E-state index is 14.1. The zero-order valence-electron chi connectivity index (χ0n) is 15.4. The molecular weight excluding hydrogens is 335 g/mol. The number of fused-ring (bicyclic) bond motifs is 1. The number of aliphatic hydroxyl groups excluding tert-OH is 1. The number of amides is 1. The Morgan fingerprint density at radius 3 is 2.81 bits per heavy atom. The zero-order chi connectivity index (χ0) is 18.8. The SMILES string of the molecule is Cc1ccc(CN2CCn3nc(C(O)CC(=O)N(C)C)cc3C2)c(F)c1. The highest BCUT2D eigenvalue weighted by Gasteiger charge is 2.23. The van der Waals surface area contributed by atoms with Crippen molar-refractivity contribution in [2.75, 3.05) is 20.6 Å². The second-order valence-electron chi connectivity index (χ2n) is 7.10. The average molecular weight is 360 g/mol. The Bertz CT molecular complexity index is 803. The van der Waals surface area contributed by atoms with E-state index in [9.17, 15) is 14.3 Å². The van der Waals surface area contributed by atoms with Gasteiger partial charge in [0.05, 0.1) is 24.4 Å². The lowest BCUT2D eigenvalue weighted by atomic mass is 10.1. The number of hydrogen-bond donors (Lipinski definition) is 1. The minimum absolute atomic E-state index is 0.0156. The Hall–Kier alpha value is -2.25. The van der Waals surface area contributed by atoms with Crippen LogP contribution in [0.5, 0.6) is 0 Å². The van der Waals surface area contributed by atoms with Gasteiger partial charge in [0, 0.05) is 39.3 Å². The standard InChI is InChI=1S/C19H25FN4O2/c1-13-4-5-14(16(20)8-13)11-23-6-7-24-15(12-23)9-17(21-24)18(25)10-19(26)22(2)3/h4-5,8-9,18,25H,6-7,10-12H2,1-3H3. The van der Waals surface area contributed by atoms with E-state index < -0.39 is 6.10 Å². The molecule has 0 radical (unpaired) electrons. The fourth-order valence-corrected chi connectivity index (χ4v) is 3.11. The lowest BCUT2D eigenvalue weighted by Gasteiger charge is -2.27. The van der Waals surface area contributed by atoms with Crippen molar-refractivity contribution in [3.63, 3.8) is 0 Å². The third-order valence-electron chi connectivity index (χ3n) is 4.71. The summed E-state index contributed by atoms with van der Waals surface area (Å²) in [7, 11) is 3.32. The molecule has 1 amide bonds. The van der Waals surface area contributed by atoms with E-state index in [0.29, 0.717) is 30.9 Å². The second-order valence-corrected chi connectivity index (χ2v) is 7.10. The van der Waals surface area contributed by atoms with Crippen LogP contribution in [0.15, 0.2) is 24.3 Å². The minimum Gasteiger partial charge on any atom is -0.386 e. The molecule has 0 fully saturated rings. The molecular formula is C19H25FN4O2. The van der Waals surface area contributed by atoms with Crippen LogP contribution < -0.4 is 0 Å². The number of hydrogen-bond acceptors (Lipinski definition) is 4. The van der Waals surface area contributed by atoms with Crippen LogP contribution in [0.4, 0.5) is 4.39 Å². The molecule has 26 heavy (non-hydrogen) atoms. The summed E-state index contributed by atoms with van der Waals surface area (Å²) in [6, 6.07) is 7.15. The van der Waals surface area contributed by atoms with Gasteiger partial charge < -0.3 is 10.0 Å². The van der Waals surface area contributed by atoms with E-state index in [2.05, 4.69) is 10.00 Å². The van der Waals surface area contributed by atoms with Gasteiger partial charge in [0.25, 0.3) is 0 Å². The monoisotopic (exact) mass is 360 g/mol. The molecule has 2 aromatic rings. The van der Waals surface area contributed by atoms with Crippen LogP contribution >= 0.6 is 0 Å². The van der Waals surface area contributed by atoms with Gasteiger partial charge >= 0.3 is 0 Å². The minimum atomic E-state index is -0.911.